The Morgan fingerprint density at radius 1 is 1.27 bits per heavy atom. The highest BCUT2D eigenvalue weighted by Gasteiger charge is 2.61. The summed E-state index contributed by atoms with van der Waals surface area (Å²) in [6, 6.07) is 0. The second-order valence-corrected chi connectivity index (χ2v) is 10.8. The summed E-state index contributed by atoms with van der Waals surface area (Å²) >= 11 is 0. The molecule has 1 aliphatic carbocycles. The molecule has 0 saturated heterocycles. The van der Waals surface area contributed by atoms with E-state index in [-0.39, 0.29) is 0 Å². The van der Waals surface area contributed by atoms with Gasteiger partial charge in [0.15, 0.2) is 0 Å². The molecule has 2 atom stereocenters. The van der Waals surface area contributed by atoms with Crippen molar-refractivity contribution in [1.82, 2.24) is 0 Å². The predicted octanol–water partition coefficient (Wildman–Crippen LogP) is 2.34. The SMILES string of the molecule is CC1(C)[C@H](CO)[C@@H]1[Si](C)(C)C. The number of hydrogen-bond acceptors (Lipinski definition) is 1. The summed E-state index contributed by atoms with van der Waals surface area (Å²) in [7, 11) is -1.00. The fourth-order valence-corrected chi connectivity index (χ4v) is 6.90. The summed E-state index contributed by atoms with van der Waals surface area (Å²) in [5, 5.41) is 9.10. The molecule has 0 radical (unpaired) electrons. The Hall–Kier alpha value is 0.177. The van der Waals surface area contributed by atoms with Crippen molar-refractivity contribution < 1.29 is 5.11 Å². The Labute approximate surface area is 70.8 Å². The molecule has 0 amide bonds. The van der Waals surface area contributed by atoms with E-state index in [0.29, 0.717) is 17.9 Å². The van der Waals surface area contributed by atoms with Crippen LogP contribution in [0.1, 0.15) is 13.8 Å². The molecule has 0 heterocycles. The van der Waals surface area contributed by atoms with Crippen molar-refractivity contribution in [3.63, 3.8) is 0 Å². The van der Waals surface area contributed by atoms with Gasteiger partial charge in [0.25, 0.3) is 0 Å². The number of aliphatic hydroxyl groups excluding tert-OH is 1. The van der Waals surface area contributed by atoms with Crippen molar-refractivity contribution in [3.8, 4) is 0 Å². The van der Waals surface area contributed by atoms with Crippen molar-refractivity contribution in [2.75, 3.05) is 6.61 Å². The lowest BCUT2D eigenvalue weighted by Gasteiger charge is -2.17. The topological polar surface area (TPSA) is 20.2 Å². The van der Waals surface area contributed by atoms with Gasteiger partial charge in [-0.05, 0) is 16.9 Å². The number of aliphatic hydroxyl groups is 1. The number of hydrogen-bond donors (Lipinski definition) is 1. The van der Waals surface area contributed by atoms with Gasteiger partial charge in [0, 0.05) is 14.7 Å². The Balaban J connectivity index is 2.66. The molecular formula is C9H20OSi. The van der Waals surface area contributed by atoms with Gasteiger partial charge < -0.3 is 5.11 Å². The highest BCUT2D eigenvalue weighted by molar-refractivity contribution is 6.78. The lowest BCUT2D eigenvalue weighted by atomic mass is 10.1. The summed E-state index contributed by atoms with van der Waals surface area (Å²) in [4.78, 5) is 0. The average molecular weight is 172 g/mol. The van der Waals surface area contributed by atoms with Gasteiger partial charge in [-0.15, -0.1) is 0 Å². The molecule has 0 aliphatic heterocycles. The van der Waals surface area contributed by atoms with E-state index in [4.69, 9.17) is 5.11 Å². The summed E-state index contributed by atoms with van der Waals surface area (Å²) in [6.07, 6.45) is 0. The molecule has 2 heteroatoms. The molecule has 1 rings (SSSR count). The second-order valence-electron chi connectivity index (χ2n) is 5.45. The molecule has 0 spiro atoms. The molecule has 11 heavy (non-hydrogen) atoms. The van der Waals surface area contributed by atoms with Crippen LogP contribution in [0.3, 0.4) is 0 Å². The Morgan fingerprint density at radius 3 is 1.82 bits per heavy atom. The first kappa shape index (κ1) is 9.27. The molecule has 1 nitrogen and oxygen atoms in total. The van der Waals surface area contributed by atoms with Crippen LogP contribution < -0.4 is 0 Å². The molecule has 0 bridgehead atoms. The molecule has 0 aromatic carbocycles. The van der Waals surface area contributed by atoms with Gasteiger partial charge in [-0.2, -0.15) is 0 Å². The van der Waals surface area contributed by atoms with Crippen LogP contribution >= 0.6 is 0 Å². The molecule has 1 N–H and O–H groups in total. The Bertz CT molecular complexity index is 157. The summed E-state index contributed by atoms with van der Waals surface area (Å²) < 4.78 is 0. The lowest BCUT2D eigenvalue weighted by molar-refractivity contribution is 0.257. The fourth-order valence-electron chi connectivity index (χ4n) is 2.80. The number of rotatable bonds is 2. The van der Waals surface area contributed by atoms with Gasteiger partial charge in [-0.3, -0.25) is 0 Å². The van der Waals surface area contributed by atoms with E-state index >= 15 is 0 Å². The predicted molar refractivity (Wildman–Crippen MR) is 51.5 cm³/mol. The van der Waals surface area contributed by atoms with Gasteiger partial charge >= 0.3 is 0 Å². The smallest absolute Gasteiger partial charge is 0.0483 e. The maximum absolute atomic E-state index is 9.10. The molecular weight excluding hydrogens is 152 g/mol. The van der Waals surface area contributed by atoms with Gasteiger partial charge in [0.05, 0.1) is 0 Å². The normalized spacial score (nSPS) is 35.5. The van der Waals surface area contributed by atoms with Gasteiger partial charge in [0.1, 0.15) is 0 Å². The third-order valence-corrected chi connectivity index (χ3v) is 6.19. The van der Waals surface area contributed by atoms with E-state index < -0.39 is 8.07 Å². The third-order valence-electron chi connectivity index (χ3n) is 3.18. The average Bonchev–Trinajstić information content (AvgIpc) is 2.31. The molecule has 0 unspecified atom stereocenters. The zero-order valence-corrected chi connectivity index (χ0v) is 9.31. The maximum atomic E-state index is 9.10. The van der Waals surface area contributed by atoms with E-state index in [1.54, 1.807) is 0 Å². The van der Waals surface area contributed by atoms with Gasteiger partial charge in [0.2, 0.25) is 0 Å². The molecule has 1 aliphatic rings. The van der Waals surface area contributed by atoms with E-state index in [0.717, 1.165) is 5.54 Å². The molecule has 1 fully saturated rings. The highest BCUT2D eigenvalue weighted by Crippen LogP contribution is 2.67. The Morgan fingerprint density at radius 2 is 1.73 bits per heavy atom. The van der Waals surface area contributed by atoms with E-state index in [2.05, 4.69) is 33.5 Å². The quantitative estimate of drug-likeness (QED) is 0.634. The van der Waals surface area contributed by atoms with Crippen LogP contribution in [-0.2, 0) is 0 Å². The van der Waals surface area contributed by atoms with Crippen molar-refractivity contribution in [2.45, 2.75) is 39.0 Å². The molecule has 1 saturated carbocycles. The maximum Gasteiger partial charge on any atom is 0.0483 e. The first-order chi connectivity index (χ1) is 4.81. The van der Waals surface area contributed by atoms with E-state index in [1.165, 1.54) is 0 Å². The van der Waals surface area contributed by atoms with Gasteiger partial charge in [-0.25, -0.2) is 0 Å². The summed E-state index contributed by atoms with van der Waals surface area (Å²) in [5.41, 5.74) is 1.26. The minimum atomic E-state index is -1.00. The Kier molecular flexibility index (Phi) is 1.96. The monoisotopic (exact) mass is 172 g/mol. The van der Waals surface area contributed by atoms with Crippen molar-refractivity contribution in [3.05, 3.63) is 0 Å². The highest BCUT2D eigenvalue weighted by atomic mass is 28.3. The van der Waals surface area contributed by atoms with Crippen LogP contribution in [0.2, 0.25) is 25.2 Å². The summed E-state index contributed by atoms with van der Waals surface area (Å²) in [6.45, 7) is 12.2. The zero-order valence-electron chi connectivity index (χ0n) is 8.31. The lowest BCUT2D eigenvalue weighted by Crippen LogP contribution is -2.22. The van der Waals surface area contributed by atoms with Gasteiger partial charge in [-0.1, -0.05) is 33.5 Å². The van der Waals surface area contributed by atoms with Crippen LogP contribution in [0.4, 0.5) is 0 Å². The molecule has 0 aromatic heterocycles. The van der Waals surface area contributed by atoms with Crippen LogP contribution in [-0.4, -0.2) is 19.8 Å². The minimum Gasteiger partial charge on any atom is -0.396 e. The fraction of sp³-hybridized carbons (Fsp3) is 1.00. The van der Waals surface area contributed by atoms with E-state index in [1.807, 2.05) is 0 Å². The standard InChI is InChI=1S/C9H20OSi/c1-9(2)7(6-10)8(9)11(3,4)5/h7-8,10H,6H2,1-5H3/t7-,8+/m1/s1. The van der Waals surface area contributed by atoms with Crippen LogP contribution in [0.15, 0.2) is 0 Å². The van der Waals surface area contributed by atoms with E-state index in [9.17, 15) is 0 Å². The third kappa shape index (κ3) is 1.38. The largest absolute Gasteiger partial charge is 0.396 e. The first-order valence-corrected chi connectivity index (χ1v) is 8.00. The van der Waals surface area contributed by atoms with Crippen LogP contribution in [0.25, 0.3) is 0 Å². The molecule has 66 valence electrons. The zero-order chi connectivity index (χ0) is 8.86. The molecule has 0 aromatic rings. The minimum absolute atomic E-state index is 0.391. The van der Waals surface area contributed by atoms with Crippen LogP contribution in [0.5, 0.6) is 0 Å². The second kappa shape index (κ2) is 2.33. The van der Waals surface area contributed by atoms with Crippen molar-refractivity contribution in [1.29, 1.82) is 0 Å². The van der Waals surface area contributed by atoms with Crippen molar-refractivity contribution >= 4 is 8.07 Å². The van der Waals surface area contributed by atoms with Crippen molar-refractivity contribution in [2.24, 2.45) is 11.3 Å². The summed E-state index contributed by atoms with van der Waals surface area (Å²) in [5.74, 6) is 0.592. The van der Waals surface area contributed by atoms with Crippen LogP contribution in [0, 0.1) is 11.3 Å². The first-order valence-electron chi connectivity index (χ1n) is 4.42.